The van der Waals surface area contributed by atoms with E-state index in [1.807, 2.05) is 18.2 Å². The highest BCUT2D eigenvalue weighted by atomic mass is 35.5. The first-order valence-electron chi connectivity index (χ1n) is 5.56. The van der Waals surface area contributed by atoms with Gasteiger partial charge in [0.15, 0.2) is 0 Å². The van der Waals surface area contributed by atoms with Gasteiger partial charge in [-0.15, -0.1) is 0 Å². The fraction of sp³-hybridized carbons (Fsp3) is 0.538. The molecule has 2 rings (SSSR count). The zero-order valence-electron chi connectivity index (χ0n) is 9.96. The van der Waals surface area contributed by atoms with Crippen molar-refractivity contribution in [3.05, 3.63) is 28.8 Å². The number of benzene rings is 1. The summed E-state index contributed by atoms with van der Waals surface area (Å²) in [5, 5.41) is 0.759. The monoisotopic (exact) mass is 239 g/mol. The summed E-state index contributed by atoms with van der Waals surface area (Å²) in [7, 11) is 1.69. The lowest BCUT2D eigenvalue weighted by Crippen LogP contribution is -2.05. The van der Waals surface area contributed by atoms with E-state index in [2.05, 4.69) is 13.8 Å². The van der Waals surface area contributed by atoms with Gasteiger partial charge in [0.25, 0.3) is 0 Å². The zero-order valence-corrected chi connectivity index (χ0v) is 10.7. The summed E-state index contributed by atoms with van der Waals surface area (Å²) in [5.41, 5.74) is 7.24. The Morgan fingerprint density at radius 2 is 2.12 bits per heavy atom. The van der Waals surface area contributed by atoms with Crippen molar-refractivity contribution in [1.82, 2.24) is 0 Å². The Morgan fingerprint density at radius 3 is 2.62 bits per heavy atom. The SMILES string of the molecule is COc1ccc(Cl)cc1[C@@H]1[C@@H](CN)C1(C)C. The molecule has 0 aromatic heterocycles. The second-order valence-electron chi connectivity index (χ2n) is 5.03. The van der Waals surface area contributed by atoms with Gasteiger partial charge in [0.05, 0.1) is 7.11 Å². The Morgan fingerprint density at radius 1 is 1.44 bits per heavy atom. The van der Waals surface area contributed by atoms with E-state index in [4.69, 9.17) is 22.1 Å². The molecule has 1 aromatic rings. The van der Waals surface area contributed by atoms with E-state index in [-0.39, 0.29) is 5.41 Å². The Hall–Kier alpha value is -0.730. The first kappa shape index (κ1) is 11.7. The van der Waals surface area contributed by atoms with Crippen molar-refractivity contribution < 1.29 is 4.74 Å². The summed E-state index contributed by atoms with van der Waals surface area (Å²) in [4.78, 5) is 0. The Labute approximate surface area is 102 Å². The van der Waals surface area contributed by atoms with Gasteiger partial charge >= 0.3 is 0 Å². The minimum absolute atomic E-state index is 0.257. The van der Waals surface area contributed by atoms with E-state index in [9.17, 15) is 0 Å². The lowest BCUT2D eigenvalue weighted by atomic mass is 10.0. The minimum Gasteiger partial charge on any atom is -0.496 e. The molecule has 1 aliphatic carbocycles. The van der Waals surface area contributed by atoms with Gasteiger partial charge in [-0.2, -0.15) is 0 Å². The summed E-state index contributed by atoms with van der Waals surface area (Å²) in [6.45, 7) is 5.21. The predicted molar refractivity (Wildman–Crippen MR) is 67.1 cm³/mol. The first-order chi connectivity index (χ1) is 7.52. The van der Waals surface area contributed by atoms with Crippen molar-refractivity contribution in [2.45, 2.75) is 19.8 Å². The highest BCUT2D eigenvalue weighted by molar-refractivity contribution is 6.30. The van der Waals surface area contributed by atoms with Gasteiger partial charge in [0, 0.05) is 5.02 Å². The topological polar surface area (TPSA) is 35.2 Å². The lowest BCUT2D eigenvalue weighted by Gasteiger charge is -2.10. The molecule has 88 valence electrons. The van der Waals surface area contributed by atoms with E-state index >= 15 is 0 Å². The van der Waals surface area contributed by atoms with E-state index in [0.717, 1.165) is 10.8 Å². The van der Waals surface area contributed by atoms with E-state index in [1.165, 1.54) is 5.56 Å². The molecule has 1 fully saturated rings. The number of ether oxygens (including phenoxy) is 1. The Balaban J connectivity index is 2.38. The highest BCUT2D eigenvalue weighted by Gasteiger charge is 2.58. The molecule has 0 bridgehead atoms. The van der Waals surface area contributed by atoms with Gasteiger partial charge in [-0.1, -0.05) is 25.4 Å². The smallest absolute Gasteiger partial charge is 0.122 e. The van der Waals surface area contributed by atoms with E-state index in [1.54, 1.807) is 7.11 Å². The van der Waals surface area contributed by atoms with Crippen LogP contribution in [0.15, 0.2) is 18.2 Å². The van der Waals surface area contributed by atoms with Crippen molar-refractivity contribution >= 4 is 11.6 Å². The van der Waals surface area contributed by atoms with Crippen LogP contribution in [-0.4, -0.2) is 13.7 Å². The van der Waals surface area contributed by atoms with Crippen LogP contribution in [0.25, 0.3) is 0 Å². The summed E-state index contributed by atoms with van der Waals surface area (Å²) < 4.78 is 5.39. The number of rotatable bonds is 3. The average molecular weight is 240 g/mol. The third kappa shape index (κ3) is 1.70. The van der Waals surface area contributed by atoms with Gasteiger partial charge in [-0.25, -0.2) is 0 Å². The maximum atomic E-state index is 6.04. The quantitative estimate of drug-likeness (QED) is 0.880. The van der Waals surface area contributed by atoms with Crippen LogP contribution in [-0.2, 0) is 0 Å². The maximum Gasteiger partial charge on any atom is 0.122 e. The second-order valence-corrected chi connectivity index (χ2v) is 5.46. The fourth-order valence-electron chi connectivity index (χ4n) is 2.75. The lowest BCUT2D eigenvalue weighted by molar-refractivity contribution is 0.407. The maximum absolute atomic E-state index is 6.04. The van der Waals surface area contributed by atoms with Crippen LogP contribution in [0, 0.1) is 11.3 Å². The van der Waals surface area contributed by atoms with Crippen LogP contribution in [0.5, 0.6) is 5.75 Å². The van der Waals surface area contributed by atoms with Crippen LogP contribution >= 0.6 is 11.6 Å². The summed E-state index contributed by atoms with van der Waals surface area (Å²) in [6, 6.07) is 5.79. The number of methoxy groups -OCH3 is 1. The zero-order chi connectivity index (χ0) is 11.9. The molecule has 0 saturated heterocycles. The van der Waals surface area contributed by atoms with Crippen LogP contribution < -0.4 is 10.5 Å². The van der Waals surface area contributed by atoms with E-state index in [0.29, 0.717) is 18.4 Å². The molecule has 2 nitrogen and oxygen atoms in total. The standard InChI is InChI=1S/C13H18ClNO/c1-13(2)10(7-15)12(13)9-6-8(14)4-5-11(9)16-3/h4-6,10,12H,7,15H2,1-3H3/t10-,12-/m1/s1. The summed E-state index contributed by atoms with van der Waals surface area (Å²) >= 11 is 6.04. The molecule has 16 heavy (non-hydrogen) atoms. The van der Waals surface area contributed by atoms with E-state index < -0.39 is 0 Å². The number of hydrogen-bond donors (Lipinski definition) is 1. The third-order valence-electron chi connectivity index (χ3n) is 3.83. The fourth-order valence-corrected chi connectivity index (χ4v) is 2.93. The predicted octanol–water partition coefficient (Wildman–Crippen LogP) is 3.05. The Kier molecular flexibility index (Phi) is 2.89. The van der Waals surface area contributed by atoms with Crippen LogP contribution in [0.3, 0.4) is 0 Å². The largest absolute Gasteiger partial charge is 0.496 e. The molecule has 0 aliphatic heterocycles. The van der Waals surface area contributed by atoms with Crippen molar-refractivity contribution in [3.63, 3.8) is 0 Å². The summed E-state index contributed by atoms with van der Waals surface area (Å²) in [6.07, 6.45) is 0. The van der Waals surface area contributed by atoms with Crippen LogP contribution in [0.2, 0.25) is 5.02 Å². The Bertz CT molecular complexity index is 403. The minimum atomic E-state index is 0.257. The number of halogens is 1. The molecule has 0 amide bonds. The average Bonchev–Trinajstić information content (AvgIpc) is 2.80. The molecule has 3 heteroatoms. The van der Waals surface area contributed by atoms with Gasteiger partial charge in [0.1, 0.15) is 5.75 Å². The van der Waals surface area contributed by atoms with Crippen molar-refractivity contribution in [2.75, 3.05) is 13.7 Å². The van der Waals surface area contributed by atoms with Gasteiger partial charge in [0.2, 0.25) is 0 Å². The van der Waals surface area contributed by atoms with Gasteiger partial charge < -0.3 is 10.5 Å². The van der Waals surface area contributed by atoms with Crippen LogP contribution in [0.4, 0.5) is 0 Å². The molecule has 2 N–H and O–H groups in total. The van der Waals surface area contributed by atoms with Gasteiger partial charge in [-0.3, -0.25) is 0 Å². The normalized spacial score (nSPS) is 26.6. The van der Waals surface area contributed by atoms with Gasteiger partial charge in [-0.05, 0) is 47.6 Å². The third-order valence-corrected chi connectivity index (χ3v) is 4.07. The molecule has 1 saturated carbocycles. The molecule has 0 spiro atoms. The molecular formula is C13H18ClNO. The molecule has 0 heterocycles. The number of nitrogens with two attached hydrogens (primary N) is 1. The second kappa shape index (κ2) is 3.94. The first-order valence-corrected chi connectivity index (χ1v) is 5.93. The molecule has 2 atom stereocenters. The molecular weight excluding hydrogens is 222 g/mol. The van der Waals surface area contributed by atoms with Crippen molar-refractivity contribution in [1.29, 1.82) is 0 Å². The van der Waals surface area contributed by atoms with Crippen molar-refractivity contribution in [3.8, 4) is 5.75 Å². The molecule has 0 radical (unpaired) electrons. The van der Waals surface area contributed by atoms with Crippen LogP contribution in [0.1, 0.15) is 25.3 Å². The highest BCUT2D eigenvalue weighted by Crippen LogP contribution is 2.65. The molecule has 1 aromatic carbocycles. The molecule has 1 aliphatic rings. The van der Waals surface area contributed by atoms with Crippen molar-refractivity contribution in [2.24, 2.45) is 17.1 Å². The summed E-state index contributed by atoms with van der Waals surface area (Å²) in [5.74, 6) is 1.91. The molecule has 0 unspecified atom stereocenters. The number of hydrogen-bond acceptors (Lipinski definition) is 2.